The topological polar surface area (TPSA) is 37.8 Å². The molecule has 0 amide bonds. The molecule has 3 nitrogen and oxygen atoms in total. The number of aromatic nitrogens is 2. The highest BCUT2D eigenvalue weighted by Crippen LogP contribution is 2.26. The van der Waals surface area contributed by atoms with E-state index < -0.39 is 0 Å². The Morgan fingerprint density at radius 3 is 2.18 bits per heavy atom. The van der Waals surface area contributed by atoms with Crippen LogP contribution in [-0.4, -0.2) is 16.5 Å². The van der Waals surface area contributed by atoms with E-state index in [1.807, 2.05) is 54.6 Å². The smallest absolute Gasteiger partial charge is 0.162 e. The minimum absolute atomic E-state index is 0.296. The van der Waals surface area contributed by atoms with Gasteiger partial charge < -0.3 is 5.32 Å². The number of benzene rings is 3. The molecule has 4 rings (SSSR count). The number of anilines is 1. The highest BCUT2D eigenvalue weighted by Gasteiger charge is 2.11. The van der Waals surface area contributed by atoms with Crippen molar-refractivity contribution in [1.82, 2.24) is 9.97 Å². The molecule has 0 unspecified atom stereocenters. The van der Waals surface area contributed by atoms with E-state index in [1.54, 1.807) is 18.2 Å². The minimum Gasteiger partial charge on any atom is -0.370 e. The zero-order chi connectivity index (χ0) is 19.2. The minimum atomic E-state index is -0.296. The first kappa shape index (κ1) is 17.9. The fraction of sp³-hybridized carbons (Fsp3) is 0.0833. The third-order valence-electron chi connectivity index (χ3n) is 4.47. The second-order valence-electron chi connectivity index (χ2n) is 6.47. The monoisotopic (exact) mass is 369 g/mol. The summed E-state index contributed by atoms with van der Waals surface area (Å²) >= 11 is 0. The lowest BCUT2D eigenvalue weighted by molar-refractivity contribution is 0.630. The van der Waals surface area contributed by atoms with Crippen molar-refractivity contribution < 1.29 is 4.39 Å². The molecule has 0 aliphatic rings. The van der Waals surface area contributed by atoms with Crippen LogP contribution >= 0.6 is 0 Å². The average Bonchev–Trinajstić information content (AvgIpc) is 2.75. The SMILES string of the molecule is Fc1ccccc1-c1cc(NCCc2ccccc2)nc(-c2ccccc2)n1. The molecule has 0 atom stereocenters. The molecule has 0 saturated carbocycles. The molecule has 1 aromatic heterocycles. The summed E-state index contributed by atoms with van der Waals surface area (Å²) in [5.41, 5.74) is 3.18. The van der Waals surface area contributed by atoms with Gasteiger partial charge in [0.25, 0.3) is 0 Å². The van der Waals surface area contributed by atoms with Gasteiger partial charge in [-0.25, -0.2) is 14.4 Å². The van der Waals surface area contributed by atoms with Crippen molar-refractivity contribution in [3.63, 3.8) is 0 Å². The Kier molecular flexibility index (Phi) is 5.38. The van der Waals surface area contributed by atoms with Gasteiger partial charge in [-0.2, -0.15) is 0 Å². The molecule has 0 aliphatic heterocycles. The van der Waals surface area contributed by atoms with Crippen LogP contribution in [0.2, 0.25) is 0 Å². The van der Waals surface area contributed by atoms with E-state index in [9.17, 15) is 4.39 Å². The number of hydrogen-bond acceptors (Lipinski definition) is 3. The Morgan fingerprint density at radius 1 is 0.750 bits per heavy atom. The van der Waals surface area contributed by atoms with Gasteiger partial charge in [0.2, 0.25) is 0 Å². The number of hydrogen-bond donors (Lipinski definition) is 1. The van der Waals surface area contributed by atoms with E-state index in [4.69, 9.17) is 0 Å². The zero-order valence-electron chi connectivity index (χ0n) is 15.3. The fourth-order valence-corrected chi connectivity index (χ4v) is 3.04. The maximum atomic E-state index is 14.3. The summed E-state index contributed by atoms with van der Waals surface area (Å²) in [7, 11) is 0. The van der Waals surface area contributed by atoms with Crippen LogP contribution in [0.1, 0.15) is 5.56 Å². The molecule has 4 heteroatoms. The van der Waals surface area contributed by atoms with Gasteiger partial charge in [-0.15, -0.1) is 0 Å². The molecule has 1 heterocycles. The normalized spacial score (nSPS) is 10.6. The second kappa shape index (κ2) is 8.44. The number of nitrogens with zero attached hydrogens (tertiary/aromatic N) is 2. The van der Waals surface area contributed by atoms with Crippen LogP contribution in [-0.2, 0) is 6.42 Å². The van der Waals surface area contributed by atoms with Gasteiger partial charge in [-0.05, 0) is 24.1 Å². The van der Waals surface area contributed by atoms with Crippen LogP contribution in [0.15, 0.2) is 91.0 Å². The molecule has 1 N–H and O–H groups in total. The van der Waals surface area contributed by atoms with Crippen LogP contribution in [0, 0.1) is 5.82 Å². The molecule has 0 bridgehead atoms. The van der Waals surface area contributed by atoms with Crippen molar-refractivity contribution >= 4 is 5.82 Å². The molecule has 0 radical (unpaired) electrons. The molecule has 4 aromatic rings. The summed E-state index contributed by atoms with van der Waals surface area (Å²) < 4.78 is 14.3. The van der Waals surface area contributed by atoms with Crippen molar-refractivity contribution in [3.8, 4) is 22.6 Å². The van der Waals surface area contributed by atoms with Gasteiger partial charge in [0.1, 0.15) is 11.6 Å². The molecule has 3 aromatic carbocycles. The van der Waals surface area contributed by atoms with Gasteiger partial charge in [0.05, 0.1) is 5.69 Å². The van der Waals surface area contributed by atoms with Crippen molar-refractivity contribution in [2.45, 2.75) is 6.42 Å². The predicted molar refractivity (Wildman–Crippen MR) is 111 cm³/mol. The average molecular weight is 369 g/mol. The van der Waals surface area contributed by atoms with Gasteiger partial charge in [-0.3, -0.25) is 0 Å². The summed E-state index contributed by atoms with van der Waals surface area (Å²) in [5, 5.41) is 3.36. The third kappa shape index (κ3) is 4.23. The molecule has 28 heavy (non-hydrogen) atoms. The Labute approximate surface area is 163 Å². The first-order valence-electron chi connectivity index (χ1n) is 9.27. The van der Waals surface area contributed by atoms with Gasteiger partial charge in [0.15, 0.2) is 5.82 Å². The van der Waals surface area contributed by atoms with E-state index >= 15 is 0 Å². The maximum Gasteiger partial charge on any atom is 0.162 e. The summed E-state index contributed by atoms with van der Waals surface area (Å²) in [6, 6.07) is 28.5. The molecular formula is C24H20FN3. The summed E-state index contributed by atoms with van der Waals surface area (Å²) in [4.78, 5) is 9.26. The van der Waals surface area contributed by atoms with E-state index in [0.717, 1.165) is 18.5 Å². The van der Waals surface area contributed by atoms with Gasteiger partial charge in [0, 0.05) is 23.7 Å². The lowest BCUT2D eigenvalue weighted by Gasteiger charge is -2.11. The fourth-order valence-electron chi connectivity index (χ4n) is 3.04. The van der Waals surface area contributed by atoms with Crippen molar-refractivity contribution in [2.24, 2.45) is 0 Å². The Hall–Kier alpha value is -3.53. The molecule has 0 fully saturated rings. The standard InChI is InChI=1S/C24H20FN3/c25-21-14-8-7-13-20(21)22-17-23(26-16-15-18-9-3-1-4-10-18)28-24(27-22)19-11-5-2-6-12-19/h1-14,17H,15-16H2,(H,26,27,28). The maximum absolute atomic E-state index is 14.3. The van der Waals surface area contributed by atoms with E-state index in [1.165, 1.54) is 11.6 Å². The first-order valence-corrected chi connectivity index (χ1v) is 9.27. The zero-order valence-corrected chi connectivity index (χ0v) is 15.3. The Balaban J connectivity index is 1.65. The largest absolute Gasteiger partial charge is 0.370 e. The van der Waals surface area contributed by atoms with Crippen LogP contribution in [0.3, 0.4) is 0 Å². The van der Waals surface area contributed by atoms with Crippen LogP contribution < -0.4 is 5.32 Å². The molecule has 0 saturated heterocycles. The van der Waals surface area contributed by atoms with Crippen molar-refractivity contribution in [1.29, 1.82) is 0 Å². The number of rotatable bonds is 6. The lowest BCUT2D eigenvalue weighted by atomic mass is 10.1. The van der Waals surface area contributed by atoms with E-state index in [2.05, 4.69) is 27.4 Å². The van der Waals surface area contributed by atoms with E-state index in [-0.39, 0.29) is 5.82 Å². The summed E-state index contributed by atoms with van der Waals surface area (Å²) in [6.45, 7) is 0.728. The first-order chi connectivity index (χ1) is 13.8. The van der Waals surface area contributed by atoms with Crippen LogP contribution in [0.4, 0.5) is 10.2 Å². The molecule has 0 spiro atoms. The Morgan fingerprint density at radius 2 is 1.43 bits per heavy atom. The quantitative estimate of drug-likeness (QED) is 0.480. The highest BCUT2D eigenvalue weighted by molar-refractivity contribution is 5.67. The molecule has 0 aliphatic carbocycles. The summed E-state index contributed by atoms with van der Waals surface area (Å²) in [5.74, 6) is 0.960. The number of halogens is 1. The van der Waals surface area contributed by atoms with Crippen molar-refractivity contribution in [2.75, 3.05) is 11.9 Å². The Bertz CT molecular complexity index is 1050. The highest BCUT2D eigenvalue weighted by atomic mass is 19.1. The van der Waals surface area contributed by atoms with E-state index in [0.29, 0.717) is 22.9 Å². The van der Waals surface area contributed by atoms with Crippen molar-refractivity contribution in [3.05, 3.63) is 102 Å². The second-order valence-corrected chi connectivity index (χ2v) is 6.47. The lowest BCUT2D eigenvalue weighted by Crippen LogP contribution is -2.08. The molecular weight excluding hydrogens is 349 g/mol. The van der Waals surface area contributed by atoms with Crippen LogP contribution in [0.5, 0.6) is 0 Å². The predicted octanol–water partition coefficient (Wildman–Crippen LogP) is 5.60. The number of nitrogens with one attached hydrogen (secondary N) is 1. The third-order valence-corrected chi connectivity index (χ3v) is 4.47. The summed E-state index contributed by atoms with van der Waals surface area (Å²) in [6.07, 6.45) is 0.876. The molecule has 138 valence electrons. The van der Waals surface area contributed by atoms with Crippen LogP contribution in [0.25, 0.3) is 22.6 Å². The van der Waals surface area contributed by atoms with Gasteiger partial charge >= 0.3 is 0 Å². The van der Waals surface area contributed by atoms with Gasteiger partial charge in [-0.1, -0.05) is 72.8 Å².